The molecule has 0 bridgehead atoms. The van der Waals surface area contributed by atoms with Crippen LogP contribution in [0.3, 0.4) is 0 Å². The molecule has 0 aromatic rings. The maximum Gasteiger partial charge on any atom is 0.159 e. The summed E-state index contributed by atoms with van der Waals surface area (Å²) >= 11 is 0. The first-order valence-corrected chi connectivity index (χ1v) is 8.36. The second-order valence-electron chi connectivity index (χ2n) is 5.68. The smallest absolute Gasteiger partial charge is 0.159 e. The fraction of sp³-hybridized carbons (Fsp3) is 0.824. The molecule has 21 heavy (non-hydrogen) atoms. The van der Waals surface area contributed by atoms with Gasteiger partial charge < -0.3 is 0 Å². The summed E-state index contributed by atoms with van der Waals surface area (Å²) < 4.78 is 0. The molecular weight excluding hydrogens is 264 g/mol. The van der Waals surface area contributed by atoms with Gasteiger partial charge in [0.2, 0.25) is 0 Å². The van der Waals surface area contributed by atoms with Gasteiger partial charge >= 0.3 is 0 Å². The summed E-state index contributed by atoms with van der Waals surface area (Å²) in [5.74, 6) is 3.11. The first-order chi connectivity index (χ1) is 10.4. The van der Waals surface area contributed by atoms with E-state index in [-0.39, 0.29) is 5.92 Å². The van der Waals surface area contributed by atoms with Crippen LogP contribution >= 0.6 is 0 Å². The minimum absolute atomic E-state index is 0.176. The van der Waals surface area contributed by atoms with Crippen molar-refractivity contribution in [1.82, 2.24) is 5.48 Å². The largest absolute Gasteiger partial charge is 0.264 e. The summed E-state index contributed by atoms with van der Waals surface area (Å²) in [6.07, 6.45) is 16.3. The lowest BCUT2D eigenvalue weighted by atomic mass is 9.97. The zero-order chi connectivity index (χ0) is 15.0. The minimum atomic E-state index is 0.176. The molecule has 4 heteroatoms. The molecule has 0 aliphatic carbocycles. The first-order valence-electron chi connectivity index (χ1n) is 8.36. The van der Waals surface area contributed by atoms with Crippen LogP contribution in [0, 0.1) is 29.3 Å². The number of nitrogens with zero attached hydrogens (tertiary/aromatic N) is 1. The zero-order valence-electron chi connectivity index (χ0n) is 13.0. The fourth-order valence-electron chi connectivity index (χ4n) is 2.53. The van der Waals surface area contributed by atoms with Crippen molar-refractivity contribution in [2.75, 3.05) is 6.54 Å². The normalized spacial score (nSPS) is 24.0. The Bertz CT molecular complexity index is 341. The maximum atomic E-state index is 9.13. The number of rotatable bonds is 0. The molecule has 0 amide bonds. The van der Waals surface area contributed by atoms with Gasteiger partial charge in [0.1, 0.15) is 0 Å². The van der Waals surface area contributed by atoms with Crippen molar-refractivity contribution in [3.8, 4) is 18.1 Å². The molecule has 0 saturated carbocycles. The highest BCUT2D eigenvalue weighted by Crippen LogP contribution is 2.16. The molecule has 0 aromatic heterocycles. The van der Waals surface area contributed by atoms with Crippen molar-refractivity contribution >= 4 is 0 Å². The predicted octanol–water partition coefficient (Wildman–Crippen LogP) is 4.23. The standard InChI is InChI=1S/C17H28N2O2/c18-16-17-12-9-7-5-3-1-2-4-6-8-10-15-20-21-19-14-11-13-17/h17,19H,1-9,11-14H2. The van der Waals surface area contributed by atoms with Crippen LogP contribution in [0.5, 0.6) is 0 Å². The van der Waals surface area contributed by atoms with Gasteiger partial charge in [0.25, 0.3) is 0 Å². The van der Waals surface area contributed by atoms with Crippen molar-refractivity contribution in [2.45, 2.75) is 77.0 Å². The van der Waals surface area contributed by atoms with Gasteiger partial charge in [0, 0.05) is 18.9 Å². The molecule has 1 unspecified atom stereocenters. The molecular formula is C17H28N2O2. The van der Waals surface area contributed by atoms with Crippen LogP contribution in [0.4, 0.5) is 0 Å². The molecule has 1 aliphatic heterocycles. The second kappa shape index (κ2) is 13.7. The van der Waals surface area contributed by atoms with E-state index < -0.39 is 0 Å². The van der Waals surface area contributed by atoms with Gasteiger partial charge in [-0.05, 0) is 25.7 Å². The predicted molar refractivity (Wildman–Crippen MR) is 82.5 cm³/mol. The van der Waals surface area contributed by atoms with Crippen molar-refractivity contribution in [3.63, 3.8) is 0 Å². The van der Waals surface area contributed by atoms with E-state index in [9.17, 15) is 0 Å². The number of nitriles is 1. The molecule has 1 N–H and O–H groups in total. The number of nitrogens with one attached hydrogen (secondary N) is 1. The molecule has 1 aliphatic rings. The van der Waals surface area contributed by atoms with Gasteiger partial charge in [-0.2, -0.15) is 10.7 Å². The van der Waals surface area contributed by atoms with E-state index in [1.54, 1.807) is 0 Å². The van der Waals surface area contributed by atoms with Crippen molar-refractivity contribution in [2.24, 2.45) is 5.92 Å². The van der Waals surface area contributed by atoms with Crippen LogP contribution in [0.2, 0.25) is 0 Å². The van der Waals surface area contributed by atoms with E-state index in [1.165, 1.54) is 44.9 Å². The fourth-order valence-corrected chi connectivity index (χ4v) is 2.53. The zero-order valence-corrected chi connectivity index (χ0v) is 13.0. The summed E-state index contributed by atoms with van der Waals surface area (Å²) in [6.45, 7) is 0.680. The monoisotopic (exact) mass is 292 g/mol. The van der Waals surface area contributed by atoms with Gasteiger partial charge in [0.05, 0.1) is 6.07 Å². The third-order valence-corrected chi connectivity index (χ3v) is 3.83. The first kappa shape index (κ1) is 17.8. The number of hydrogen-bond donors (Lipinski definition) is 1. The van der Waals surface area contributed by atoms with E-state index in [4.69, 9.17) is 15.1 Å². The third-order valence-electron chi connectivity index (χ3n) is 3.83. The molecule has 0 aromatic carbocycles. The highest BCUT2D eigenvalue weighted by Gasteiger charge is 2.06. The lowest BCUT2D eigenvalue weighted by molar-refractivity contribution is -0.285. The minimum Gasteiger partial charge on any atom is -0.264 e. The van der Waals surface area contributed by atoms with Crippen molar-refractivity contribution < 1.29 is 9.88 Å². The van der Waals surface area contributed by atoms with Gasteiger partial charge in [-0.1, -0.05) is 55.9 Å². The van der Waals surface area contributed by atoms with E-state index in [0.29, 0.717) is 6.54 Å². The van der Waals surface area contributed by atoms with Crippen molar-refractivity contribution in [1.29, 1.82) is 5.26 Å². The van der Waals surface area contributed by atoms with Crippen LogP contribution < -0.4 is 5.48 Å². The van der Waals surface area contributed by atoms with Crippen LogP contribution in [0.1, 0.15) is 77.0 Å². The summed E-state index contributed by atoms with van der Waals surface area (Å²) in [4.78, 5) is 9.48. The summed E-state index contributed by atoms with van der Waals surface area (Å²) in [5.41, 5.74) is 2.71. The van der Waals surface area contributed by atoms with Crippen LogP contribution in [-0.2, 0) is 9.88 Å². The second-order valence-corrected chi connectivity index (χ2v) is 5.68. The Kier molecular flexibility index (Phi) is 11.7. The van der Waals surface area contributed by atoms with E-state index in [0.717, 1.165) is 32.1 Å². The highest BCUT2D eigenvalue weighted by molar-refractivity contribution is 4.90. The molecule has 0 spiro atoms. The lowest BCUT2D eigenvalue weighted by Crippen LogP contribution is -2.16. The topological polar surface area (TPSA) is 54.3 Å². The molecule has 118 valence electrons. The van der Waals surface area contributed by atoms with Crippen molar-refractivity contribution in [3.05, 3.63) is 0 Å². The van der Waals surface area contributed by atoms with E-state index >= 15 is 0 Å². The van der Waals surface area contributed by atoms with E-state index in [2.05, 4.69) is 23.6 Å². The van der Waals surface area contributed by atoms with Gasteiger partial charge in [-0.3, -0.25) is 4.89 Å². The summed E-state index contributed by atoms with van der Waals surface area (Å²) in [6, 6.07) is 2.41. The molecule has 1 atom stereocenters. The Hall–Kier alpha value is -1.23. The third kappa shape index (κ3) is 11.1. The summed E-state index contributed by atoms with van der Waals surface area (Å²) in [7, 11) is 0. The Morgan fingerprint density at radius 2 is 1.57 bits per heavy atom. The van der Waals surface area contributed by atoms with Crippen LogP contribution in [0.25, 0.3) is 0 Å². The van der Waals surface area contributed by atoms with Gasteiger partial charge in [-0.15, -0.1) is 0 Å². The highest BCUT2D eigenvalue weighted by atomic mass is 17.3. The molecule has 1 rings (SSSR count). The van der Waals surface area contributed by atoms with Crippen LogP contribution in [-0.4, -0.2) is 6.54 Å². The molecule has 1 heterocycles. The molecule has 0 saturated heterocycles. The maximum absolute atomic E-state index is 9.13. The number of hydrogen-bond acceptors (Lipinski definition) is 4. The quantitative estimate of drug-likeness (QED) is 0.536. The average Bonchev–Trinajstić information content (AvgIpc) is 2.51. The molecule has 0 fully saturated rings. The molecule has 4 nitrogen and oxygen atoms in total. The number of hydroxylamine groups is 1. The van der Waals surface area contributed by atoms with Gasteiger partial charge in [0.15, 0.2) is 6.11 Å². The Morgan fingerprint density at radius 3 is 2.33 bits per heavy atom. The lowest BCUT2D eigenvalue weighted by Gasteiger charge is -2.08. The Labute approximate surface area is 129 Å². The Morgan fingerprint density at radius 1 is 0.905 bits per heavy atom. The Balaban J connectivity index is 2.23. The molecule has 0 radical (unpaired) electrons. The van der Waals surface area contributed by atoms with Gasteiger partial charge in [-0.25, -0.2) is 0 Å². The summed E-state index contributed by atoms with van der Waals surface area (Å²) in [5, 5.41) is 9.13. The average molecular weight is 292 g/mol. The van der Waals surface area contributed by atoms with Crippen LogP contribution in [0.15, 0.2) is 0 Å². The van der Waals surface area contributed by atoms with E-state index in [1.807, 2.05) is 0 Å². The SMILES string of the molecule is N#CC1CCCCCCCCCCC#COONCCC1.